The van der Waals surface area contributed by atoms with Crippen LogP contribution in [0.1, 0.15) is 11.3 Å². The number of rotatable bonds is 4. The van der Waals surface area contributed by atoms with E-state index in [2.05, 4.69) is 32.0 Å². The van der Waals surface area contributed by atoms with Crippen molar-refractivity contribution in [3.8, 4) is 0 Å². The second-order valence-corrected chi connectivity index (χ2v) is 6.41. The van der Waals surface area contributed by atoms with Crippen LogP contribution in [0.15, 0.2) is 55.1 Å². The van der Waals surface area contributed by atoms with E-state index >= 15 is 0 Å². The van der Waals surface area contributed by atoms with Crippen molar-refractivity contribution in [2.24, 2.45) is 5.92 Å². The predicted molar refractivity (Wildman–Crippen MR) is 92.3 cm³/mol. The second-order valence-electron chi connectivity index (χ2n) is 6.41. The van der Waals surface area contributed by atoms with Crippen LogP contribution in [0.4, 0.5) is 0 Å². The molecule has 0 saturated carbocycles. The van der Waals surface area contributed by atoms with Gasteiger partial charge in [-0.3, -0.25) is 19.9 Å². The van der Waals surface area contributed by atoms with Crippen molar-refractivity contribution in [2.45, 2.75) is 19.1 Å². The predicted octanol–water partition coefficient (Wildman–Crippen LogP) is 2.06. The van der Waals surface area contributed by atoms with Gasteiger partial charge < -0.3 is 5.11 Å². The Labute approximate surface area is 141 Å². The third-order valence-electron chi connectivity index (χ3n) is 4.70. The zero-order valence-corrected chi connectivity index (χ0v) is 13.4. The molecule has 0 unspecified atom stereocenters. The molecule has 0 bridgehead atoms. The summed E-state index contributed by atoms with van der Waals surface area (Å²) in [4.78, 5) is 15.2. The Morgan fingerprint density at radius 1 is 1.04 bits per heavy atom. The highest BCUT2D eigenvalue weighted by Crippen LogP contribution is 2.24. The Kier molecular flexibility index (Phi) is 4.19. The quantitative estimate of drug-likeness (QED) is 0.797. The fourth-order valence-electron chi connectivity index (χ4n) is 3.51. The number of fused-ring (bicyclic) bond motifs is 1. The Hall–Kier alpha value is -2.37. The number of likely N-dealkylation sites (tertiary alicyclic amines) is 1. The van der Waals surface area contributed by atoms with Gasteiger partial charge in [0.25, 0.3) is 0 Å². The topological polar surface area (TPSA) is 62.1 Å². The number of nitrogens with zero attached hydrogens (tertiary/aromatic N) is 4. The molecule has 0 aliphatic carbocycles. The molecule has 5 heteroatoms. The van der Waals surface area contributed by atoms with E-state index in [-0.39, 0.29) is 12.0 Å². The lowest BCUT2D eigenvalue weighted by Gasteiger charge is -2.16. The van der Waals surface area contributed by atoms with Crippen LogP contribution in [0, 0.1) is 5.92 Å². The van der Waals surface area contributed by atoms with Crippen LogP contribution in [0.3, 0.4) is 0 Å². The van der Waals surface area contributed by atoms with Crippen molar-refractivity contribution in [1.29, 1.82) is 0 Å². The summed E-state index contributed by atoms with van der Waals surface area (Å²) >= 11 is 0. The highest BCUT2D eigenvalue weighted by molar-refractivity contribution is 5.81. The number of hydrogen-bond donors (Lipinski definition) is 1. The van der Waals surface area contributed by atoms with Crippen LogP contribution in [0.5, 0.6) is 0 Å². The zero-order chi connectivity index (χ0) is 16.4. The molecule has 1 aliphatic rings. The fourth-order valence-corrected chi connectivity index (χ4v) is 3.51. The van der Waals surface area contributed by atoms with Gasteiger partial charge in [0.05, 0.1) is 17.3 Å². The summed E-state index contributed by atoms with van der Waals surface area (Å²) in [5.41, 5.74) is 3.22. The third-order valence-corrected chi connectivity index (χ3v) is 4.70. The number of hydrogen-bond acceptors (Lipinski definition) is 5. The highest BCUT2D eigenvalue weighted by atomic mass is 16.3. The van der Waals surface area contributed by atoms with Gasteiger partial charge in [-0.15, -0.1) is 0 Å². The van der Waals surface area contributed by atoms with E-state index in [4.69, 9.17) is 0 Å². The van der Waals surface area contributed by atoms with Gasteiger partial charge in [-0.1, -0.05) is 18.2 Å². The Bertz CT molecular complexity index is 818. The SMILES string of the molecule is O[C@@H]1CN(Cc2ccnc3ccccc23)C[C@H]1Cc1cnccn1. The van der Waals surface area contributed by atoms with Gasteiger partial charge >= 0.3 is 0 Å². The molecule has 1 N–H and O–H groups in total. The maximum Gasteiger partial charge on any atom is 0.0711 e. The average molecular weight is 320 g/mol. The summed E-state index contributed by atoms with van der Waals surface area (Å²) in [6.45, 7) is 2.40. The number of aromatic nitrogens is 3. The Morgan fingerprint density at radius 3 is 2.83 bits per heavy atom. The largest absolute Gasteiger partial charge is 0.391 e. The van der Waals surface area contributed by atoms with E-state index in [1.165, 1.54) is 10.9 Å². The summed E-state index contributed by atoms with van der Waals surface area (Å²) in [5.74, 6) is 0.204. The second kappa shape index (κ2) is 6.63. The molecule has 5 nitrogen and oxygen atoms in total. The lowest BCUT2D eigenvalue weighted by Crippen LogP contribution is -2.21. The average Bonchev–Trinajstić information content (AvgIpc) is 2.95. The van der Waals surface area contributed by atoms with Crippen molar-refractivity contribution in [3.63, 3.8) is 0 Å². The lowest BCUT2D eigenvalue weighted by molar-refractivity contribution is 0.140. The monoisotopic (exact) mass is 320 g/mol. The Morgan fingerprint density at radius 2 is 1.96 bits per heavy atom. The van der Waals surface area contributed by atoms with Crippen LogP contribution >= 0.6 is 0 Å². The molecule has 1 saturated heterocycles. The molecule has 3 aromatic rings. The number of pyridine rings is 1. The molecular formula is C19H20N4O. The molecule has 3 heterocycles. The Balaban J connectivity index is 1.48. The smallest absolute Gasteiger partial charge is 0.0711 e. The summed E-state index contributed by atoms with van der Waals surface area (Å²) in [7, 11) is 0. The first-order valence-corrected chi connectivity index (χ1v) is 8.27. The molecule has 122 valence electrons. The molecule has 4 rings (SSSR count). The van der Waals surface area contributed by atoms with Crippen LogP contribution in [-0.4, -0.2) is 44.2 Å². The lowest BCUT2D eigenvalue weighted by atomic mass is 10.0. The van der Waals surface area contributed by atoms with E-state index in [0.717, 1.165) is 30.7 Å². The number of aliphatic hydroxyl groups is 1. The molecule has 1 aromatic carbocycles. The maximum atomic E-state index is 10.4. The summed E-state index contributed by atoms with van der Waals surface area (Å²) in [6, 6.07) is 10.3. The van der Waals surface area contributed by atoms with Crippen LogP contribution in [0.25, 0.3) is 10.9 Å². The van der Waals surface area contributed by atoms with Gasteiger partial charge in [-0.2, -0.15) is 0 Å². The van der Waals surface area contributed by atoms with Gasteiger partial charge in [0.15, 0.2) is 0 Å². The van der Waals surface area contributed by atoms with Crippen molar-refractivity contribution in [2.75, 3.05) is 13.1 Å². The summed E-state index contributed by atoms with van der Waals surface area (Å²) < 4.78 is 0. The normalized spacial score (nSPS) is 21.4. The molecule has 2 atom stereocenters. The van der Waals surface area contributed by atoms with E-state index in [0.29, 0.717) is 6.54 Å². The fraction of sp³-hybridized carbons (Fsp3) is 0.316. The minimum absolute atomic E-state index is 0.204. The number of benzene rings is 1. The molecule has 2 aromatic heterocycles. The van der Waals surface area contributed by atoms with Crippen molar-refractivity contribution >= 4 is 10.9 Å². The third kappa shape index (κ3) is 3.13. The minimum Gasteiger partial charge on any atom is -0.391 e. The molecule has 0 spiro atoms. The van der Waals surface area contributed by atoms with E-state index < -0.39 is 0 Å². The first-order valence-electron chi connectivity index (χ1n) is 8.27. The first-order chi connectivity index (χ1) is 11.8. The van der Waals surface area contributed by atoms with Crippen molar-refractivity contribution < 1.29 is 5.11 Å². The molecular weight excluding hydrogens is 300 g/mol. The number of β-amino-alcohol motifs (C(OH)–C–C–N with tert-alkyl or cyclic N) is 1. The van der Waals surface area contributed by atoms with Gasteiger partial charge in [0.1, 0.15) is 0 Å². The van der Waals surface area contributed by atoms with E-state index in [9.17, 15) is 5.11 Å². The van der Waals surface area contributed by atoms with Gasteiger partial charge in [-0.25, -0.2) is 0 Å². The number of para-hydroxylation sites is 1. The van der Waals surface area contributed by atoms with Crippen molar-refractivity contribution in [3.05, 3.63) is 66.4 Å². The first kappa shape index (κ1) is 15.2. The van der Waals surface area contributed by atoms with E-state index in [1.54, 1.807) is 18.6 Å². The molecule has 0 radical (unpaired) electrons. The van der Waals surface area contributed by atoms with E-state index in [1.807, 2.05) is 24.4 Å². The molecule has 0 amide bonds. The van der Waals surface area contributed by atoms with Gasteiger partial charge in [0.2, 0.25) is 0 Å². The summed E-state index contributed by atoms with van der Waals surface area (Å²) in [6.07, 6.45) is 7.47. The van der Waals surface area contributed by atoms with Gasteiger partial charge in [0, 0.05) is 55.7 Å². The summed E-state index contributed by atoms with van der Waals surface area (Å²) in [5, 5.41) is 11.6. The molecule has 1 aliphatic heterocycles. The standard InChI is InChI=1S/C19H20N4O/c24-19-13-23(12-15(19)9-16-10-20-7-8-21-16)11-14-5-6-22-18-4-2-1-3-17(14)18/h1-8,10,15,19,24H,9,11-13H2/t15-,19-/m1/s1. The van der Waals surface area contributed by atoms with Crippen LogP contribution in [0.2, 0.25) is 0 Å². The number of aliphatic hydroxyl groups excluding tert-OH is 1. The van der Waals surface area contributed by atoms with Gasteiger partial charge in [-0.05, 0) is 24.1 Å². The molecule has 1 fully saturated rings. The molecule has 24 heavy (non-hydrogen) atoms. The highest BCUT2D eigenvalue weighted by Gasteiger charge is 2.31. The van der Waals surface area contributed by atoms with Crippen LogP contribution in [-0.2, 0) is 13.0 Å². The maximum absolute atomic E-state index is 10.4. The van der Waals surface area contributed by atoms with Crippen molar-refractivity contribution in [1.82, 2.24) is 19.9 Å². The van der Waals surface area contributed by atoms with Crippen LogP contribution < -0.4 is 0 Å². The minimum atomic E-state index is -0.319. The zero-order valence-electron chi connectivity index (χ0n) is 13.4.